The first kappa shape index (κ1) is 10.3. The van der Waals surface area contributed by atoms with Gasteiger partial charge in [0.15, 0.2) is 0 Å². The summed E-state index contributed by atoms with van der Waals surface area (Å²) in [6.45, 7) is 0. The quantitative estimate of drug-likeness (QED) is 0.736. The number of carboxylic acid groups (broad SMARTS) is 1. The van der Waals surface area contributed by atoms with Crippen LogP contribution >= 0.6 is 12.4 Å². The van der Waals surface area contributed by atoms with Gasteiger partial charge in [-0.2, -0.15) is 4.98 Å². The number of halogens is 1. The molecule has 0 aromatic carbocycles. The molecular weight excluding hydrogens is 208 g/mol. The average Bonchev–Trinajstić information content (AvgIpc) is 2.44. The maximum absolute atomic E-state index is 10.2. The molecule has 0 saturated heterocycles. The van der Waals surface area contributed by atoms with Gasteiger partial charge in [-0.3, -0.25) is 0 Å². The highest BCUT2D eigenvalue weighted by molar-refractivity contribution is 5.85. The van der Waals surface area contributed by atoms with Crippen LogP contribution in [0.2, 0.25) is 0 Å². The van der Waals surface area contributed by atoms with E-state index in [0.29, 0.717) is 5.65 Å². The Morgan fingerprint density at radius 3 is 2.93 bits per heavy atom. The molecule has 2 aromatic heterocycles. The van der Waals surface area contributed by atoms with Gasteiger partial charge < -0.3 is 14.2 Å². The summed E-state index contributed by atoms with van der Waals surface area (Å²) < 4.78 is 6.06. The van der Waals surface area contributed by atoms with E-state index in [9.17, 15) is 4.79 Å². The summed E-state index contributed by atoms with van der Waals surface area (Å²) in [4.78, 5) is 14.1. The van der Waals surface area contributed by atoms with Gasteiger partial charge in [0.2, 0.25) is 5.88 Å². The predicted molar refractivity (Wildman–Crippen MR) is 51.1 cm³/mol. The molecule has 0 radical (unpaired) electrons. The van der Waals surface area contributed by atoms with Gasteiger partial charge in [-0.1, -0.05) is 6.07 Å². The highest BCUT2D eigenvalue weighted by atomic mass is 35.5. The summed E-state index contributed by atoms with van der Waals surface area (Å²) in [5, 5.41) is 8.32. The topological polar surface area (TPSA) is 63.8 Å². The van der Waals surface area contributed by atoms with Gasteiger partial charge in [0, 0.05) is 6.20 Å². The summed E-state index contributed by atoms with van der Waals surface area (Å²) >= 11 is 0. The number of pyridine rings is 1. The maximum atomic E-state index is 10.2. The third-order valence-electron chi connectivity index (χ3n) is 1.53. The molecule has 0 spiro atoms. The Morgan fingerprint density at radius 2 is 2.29 bits per heavy atom. The first-order chi connectivity index (χ1) is 6.25. The SMILES string of the molecule is Cl.O=C(O)Oc1cn2ccccc2n1. The Balaban J connectivity index is 0.000000980. The number of fused-ring (bicyclic) bond motifs is 1. The summed E-state index contributed by atoms with van der Waals surface area (Å²) in [5.41, 5.74) is 0.652. The van der Waals surface area contributed by atoms with Crippen LogP contribution in [0.15, 0.2) is 30.6 Å². The molecule has 2 heterocycles. The lowest BCUT2D eigenvalue weighted by Gasteiger charge is -1.89. The Bertz CT molecular complexity index is 422. The van der Waals surface area contributed by atoms with E-state index >= 15 is 0 Å². The molecule has 2 rings (SSSR count). The van der Waals surface area contributed by atoms with Crippen molar-refractivity contribution in [3.8, 4) is 5.88 Å². The molecule has 0 aliphatic carbocycles. The maximum Gasteiger partial charge on any atom is 0.512 e. The number of imidazole rings is 1. The molecular formula is C8H7ClN2O3. The standard InChI is InChI=1S/C8H6N2O3.ClH/c11-8(12)13-7-5-10-4-2-1-3-6(10)9-7;/h1-5H,(H,11,12);1H. The normalized spacial score (nSPS) is 9.43. The Morgan fingerprint density at radius 1 is 1.50 bits per heavy atom. The first-order valence-electron chi connectivity index (χ1n) is 3.60. The molecule has 0 atom stereocenters. The Labute approximate surface area is 85.4 Å². The first-order valence-corrected chi connectivity index (χ1v) is 3.60. The van der Waals surface area contributed by atoms with E-state index in [4.69, 9.17) is 5.11 Å². The van der Waals surface area contributed by atoms with Crippen LogP contribution in [0.4, 0.5) is 4.79 Å². The zero-order valence-electron chi connectivity index (χ0n) is 6.95. The fourth-order valence-electron chi connectivity index (χ4n) is 1.05. The second kappa shape index (κ2) is 3.97. The van der Waals surface area contributed by atoms with Gasteiger partial charge >= 0.3 is 6.16 Å². The van der Waals surface area contributed by atoms with Crippen molar-refractivity contribution < 1.29 is 14.6 Å². The van der Waals surface area contributed by atoms with E-state index in [-0.39, 0.29) is 18.3 Å². The lowest BCUT2D eigenvalue weighted by Crippen LogP contribution is -2.02. The van der Waals surface area contributed by atoms with Gasteiger partial charge in [0.1, 0.15) is 5.65 Å². The van der Waals surface area contributed by atoms with E-state index in [0.717, 1.165) is 0 Å². The minimum Gasteiger partial charge on any atom is -0.449 e. The smallest absolute Gasteiger partial charge is 0.449 e. The molecule has 0 amide bonds. The summed E-state index contributed by atoms with van der Waals surface area (Å²) in [6.07, 6.45) is 1.91. The van der Waals surface area contributed by atoms with Crippen molar-refractivity contribution in [3.63, 3.8) is 0 Å². The lowest BCUT2D eigenvalue weighted by atomic mass is 10.5. The van der Waals surface area contributed by atoms with E-state index in [2.05, 4.69) is 9.72 Å². The predicted octanol–water partition coefficient (Wildman–Crippen LogP) is 1.81. The van der Waals surface area contributed by atoms with Crippen molar-refractivity contribution in [1.82, 2.24) is 9.38 Å². The Hall–Kier alpha value is -1.75. The van der Waals surface area contributed by atoms with Crippen molar-refractivity contribution in [2.75, 3.05) is 0 Å². The lowest BCUT2D eigenvalue weighted by molar-refractivity contribution is 0.143. The number of hydrogen-bond donors (Lipinski definition) is 1. The summed E-state index contributed by atoms with van der Waals surface area (Å²) in [7, 11) is 0. The third-order valence-corrected chi connectivity index (χ3v) is 1.53. The largest absolute Gasteiger partial charge is 0.512 e. The van der Waals surface area contributed by atoms with Crippen LogP contribution in [0.1, 0.15) is 0 Å². The number of rotatable bonds is 1. The van der Waals surface area contributed by atoms with Crippen molar-refractivity contribution >= 4 is 24.2 Å². The van der Waals surface area contributed by atoms with E-state index in [1.54, 1.807) is 16.7 Å². The number of aromatic nitrogens is 2. The summed E-state index contributed by atoms with van der Waals surface area (Å²) in [5.74, 6) is 0.0821. The van der Waals surface area contributed by atoms with Gasteiger partial charge in [-0.15, -0.1) is 12.4 Å². The van der Waals surface area contributed by atoms with Crippen LogP contribution < -0.4 is 4.74 Å². The number of hydrogen-bond acceptors (Lipinski definition) is 3. The third kappa shape index (κ3) is 1.94. The van der Waals surface area contributed by atoms with Crippen LogP contribution in [-0.4, -0.2) is 20.6 Å². The molecule has 0 bridgehead atoms. The minimum atomic E-state index is -1.36. The molecule has 0 saturated carbocycles. The van der Waals surface area contributed by atoms with E-state index < -0.39 is 6.16 Å². The molecule has 1 N–H and O–H groups in total. The molecule has 0 unspecified atom stereocenters. The van der Waals surface area contributed by atoms with Crippen LogP contribution in [-0.2, 0) is 0 Å². The van der Waals surface area contributed by atoms with E-state index in [1.807, 2.05) is 12.1 Å². The molecule has 0 aliphatic heterocycles. The zero-order valence-corrected chi connectivity index (χ0v) is 7.77. The fourth-order valence-corrected chi connectivity index (χ4v) is 1.05. The molecule has 5 nitrogen and oxygen atoms in total. The van der Waals surface area contributed by atoms with Crippen molar-refractivity contribution in [2.24, 2.45) is 0 Å². The van der Waals surface area contributed by atoms with Gasteiger partial charge in [-0.05, 0) is 12.1 Å². The van der Waals surface area contributed by atoms with Crippen molar-refractivity contribution in [1.29, 1.82) is 0 Å². The molecule has 2 aromatic rings. The zero-order chi connectivity index (χ0) is 9.26. The van der Waals surface area contributed by atoms with E-state index in [1.165, 1.54) is 6.20 Å². The monoisotopic (exact) mass is 214 g/mol. The molecule has 6 heteroatoms. The van der Waals surface area contributed by atoms with Crippen molar-refractivity contribution in [2.45, 2.75) is 0 Å². The second-order valence-electron chi connectivity index (χ2n) is 2.41. The number of carbonyl (C=O) groups is 1. The van der Waals surface area contributed by atoms with Crippen LogP contribution in [0.5, 0.6) is 5.88 Å². The van der Waals surface area contributed by atoms with Crippen molar-refractivity contribution in [3.05, 3.63) is 30.6 Å². The average molecular weight is 215 g/mol. The second-order valence-corrected chi connectivity index (χ2v) is 2.41. The van der Waals surface area contributed by atoms with Gasteiger partial charge in [0.25, 0.3) is 0 Å². The Kier molecular flexibility index (Phi) is 2.93. The van der Waals surface area contributed by atoms with Crippen LogP contribution in [0, 0.1) is 0 Å². The van der Waals surface area contributed by atoms with Gasteiger partial charge in [-0.25, -0.2) is 4.79 Å². The fraction of sp³-hybridized carbons (Fsp3) is 0. The highest BCUT2D eigenvalue weighted by Gasteiger charge is 2.04. The molecule has 0 aliphatic rings. The van der Waals surface area contributed by atoms with Gasteiger partial charge in [0.05, 0.1) is 6.20 Å². The highest BCUT2D eigenvalue weighted by Crippen LogP contribution is 2.10. The van der Waals surface area contributed by atoms with Crippen LogP contribution in [0.3, 0.4) is 0 Å². The molecule has 0 fully saturated rings. The van der Waals surface area contributed by atoms with Crippen LogP contribution in [0.25, 0.3) is 5.65 Å². The number of nitrogens with zero attached hydrogens (tertiary/aromatic N) is 2. The molecule has 74 valence electrons. The molecule has 14 heavy (non-hydrogen) atoms. The summed E-state index contributed by atoms with van der Waals surface area (Å²) in [6, 6.07) is 5.39. The number of ether oxygens (including phenoxy) is 1. The minimum absolute atomic E-state index is 0.